The predicted molar refractivity (Wildman–Crippen MR) is 96.9 cm³/mol. The van der Waals surface area contributed by atoms with Gasteiger partial charge in [0, 0.05) is 37.0 Å². The minimum absolute atomic E-state index is 0.0427. The minimum atomic E-state index is -0.395. The molecule has 2 aromatic heterocycles. The third-order valence-corrected chi connectivity index (χ3v) is 4.21. The van der Waals surface area contributed by atoms with E-state index in [1.165, 1.54) is 4.68 Å². The van der Waals surface area contributed by atoms with E-state index in [4.69, 9.17) is 4.74 Å². The number of ether oxygens (including phenoxy) is 1. The molecule has 2 aromatic rings. The third kappa shape index (κ3) is 4.81. The van der Waals surface area contributed by atoms with Gasteiger partial charge in [0.1, 0.15) is 0 Å². The van der Waals surface area contributed by atoms with Crippen LogP contribution in [0.3, 0.4) is 0 Å². The number of esters is 1. The lowest BCUT2D eigenvalue weighted by atomic mass is 10.3. The molecular formula is C18H23N5O4. The molecule has 0 saturated heterocycles. The van der Waals surface area contributed by atoms with E-state index in [2.05, 4.69) is 15.4 Å². The van der Waals surface area contributed by atoms with E-state index in [9.17, 15) is 14.4 Å². The Hall–Kier alpha value is -2.97. The van der Waals surface area contributed by atoms with Gasteiger partial charge in [-0.1, -0.05) is 0 Å². The molecule has 0 bridgehead atoms. The van der Waals surface area contributed by atoms with Crippen LogP contribution in [0.2, 0.25) is 0 Å². The number of nitrogens with zero attached hydrogens (tertiary/aromatic N) is 4. The Bertz CT molecular complexity index is 854. The summed E-state index contributed by atoms with van der Waals surface area (Å²) in [5, 5.41) is 7.14. The first-order valence-corrected chi connectivity index (χ1v) is 9.12. The van der Waals surface area contributed by atoms with Crippen LogP contribution in [0.5, 0.6) is 0 Å². The highest BCUT2D eigenvalue weighted by Gasteiger charge is 2.30. The van der Waals surface area contributed by atoms with Gasteiger partial charge in [-0.25, -0.2) is 9.48 Å². The van der Waals surface area contributed by atoms with Crippen LogP contribution < -0.4 is 11.0 Å². The summed E-state index contributed by atoms with van der Waals surface area (Å²) in [6, 6.07) is 3.86. The second kappa shape index (κ2) is 8.61. The van der Waals surface area contributed by atoms with Crippen LogP contribution in [-0.4, -0.2) is 44.4 Å². The molecule has 1 amide bonds. The molecule has 1 aliphatic carbocycles. The molecule has 0 aliphatic heterocycles. The Morgan fingerprint density at radius 1 is 1.33 bits per heavy atom. The van der Waals surface area contributed by atoms with Crippen molar-refractivity contribution in [2.24, 2.45) is 0 Å². The highest BCUT2D eigenvalue weighted by atomic mass is 16.5. The number of carbonyl (C=O) groups is 2. The zero-order valence-corrected chi connectivity index (χ0v) is 15.3. The quantitative estimate of drug-likeness (QED) is 0.654. The van der Waals surface area contributed by atoms with E-state index < -0.39 is 5.97 Å². The van der Waals surface area contributed by atoms with Crippen LogP contribution in [0.4, 0.5) is 0 Å². The molecule has 9 nitrogen and oxygen atoms in total. The normalized spacial score (nSPS) is 13.4. The van der Waals surface area contributed by atoms with Crippen molar-refractivity contribution in [3.05, 3.63) is 35.0 Å². The van der Waals surface area contributed by atoms with Gasteiger partial charge in [-0.2, -0.15) is 0 Å². The molecule has 27 heavy (non-hydrogen) atoms. The molecule has 1 saturated carbocycles. The average molecular weight is 373 g/mol. The number of pyridine rings is 1. The molecule has 1 aliphatic rings. The number of rotatable bonds is 9. The molecular weight excluding hydrogens is 350 g/mol. The fourth-order valence-corrected chi connectivity index (χ4v) is 2.76. The summed E-state index contributed by atoms with van der Waals surface area (Å²) in [7, 11) is 0. The van der Waals surface area contributed by atoms with E-state index in [0.29, 0.717) is 12.4 Å². The summed E-state index contributed by atoms with van der Waals surface area (Å²) in [4.78, 5) is 39.8. The zero-order chi connectivity index (χ0) is 19.2. The smallest absolute Gasteiger partial charge is 0.346 e. The number of carbonyl (C=O) groups excluding carboxylic acids is 2. The summed E-state index contributed by atoms with van der Waals surface area (Å²) in [6.07, 6.45) is 5.38. The first kappa shape index (κ1) is 18.8. The Labute approximate surface area is 156 Å². The van der Waals surface area contributed by atoms with Crippen LogP contribution >= 0.6 is 0 Å². The van der Waals surface area contributed by atoms with Gasteiger partial charge in [0.25, 0.3) is 0 Å². The Balaban J connectivity index is 1.60. The van der Waals surface area contributed by atoms with Gasteiger partial charge in [-0.05, 0) is 31.9 Å². The molecule has 0 radical (unpaired) electrons. The van der Waals surface area contributed by atoms with Crippen molar-refractivity contribution in [1.82, 2.24) is 24.6 Å². The number of aromatic nitrogens is 4. The van der Waals surface area contributed by atoms with E-state index >= 15 is 0 Å². The lowest BCUT2D eigenvalue weighted by Crippen LogP contribution is -2.32. The molecule has 144 valence electrons. The van der Waals surface area contributed by atoms with Gasteiger partial charge in [0.05, 0.1) is 19.6 Å². The van der Waals surface area contributed by atoms with Crippen molar-refractivity contribution >= 4 is 11.9 Å². The van der Waals surface area contributed by atoms with Gasteiger partial charge in [-0.3, -0.25) is 19.1 Å². The third-order valence-electron chi connectivity index (χ3n) is 4.21. The van der Waals surface area contributed by atoms with Crippen LogP contribution in [0.25, 0.3) is 11.4 Å². The lowest BCUT2D eigenvalue weighted by Gasteiger charge is -2.05. The summed E-state index contributed by atoms with van der Waals surface area (Å²) >= 11 is 0. The van der Waals surface area contributed by atoms with Crippen molar-refractivity contribution in [2.45, 2.75) is 45.2 Å². The largest absolute Gasteiger partial charge is 0.466 e. The maximum absolute atomic E-state index is 12.7. The maximum atomic E-state index is 12.7. The van der Waals surface area contributed by atoms with E-state index in [-0.39, 0.29) is 43.6 Å². The highest BCUT2D eigenvalue weighted by molar-refractivity contribution is 5.81. The standard InChI is InChI=1S/C18H23N5O4/c1-2-27-16(25)8-7-15(24)20-10-11-22-18(26)23(14-5-6-14)17(21-22)13-4-3-9-19-12-13/h3-4,9,12,14H,2,5-8,10-11H2,1H3,(H,20,24). The van der Waals surface area contributed by atoms with Crippen LogP contribution in [0, 0.1) is 0 Å². The van der Waals surface area contributed by atoms with Crippen molar-refractivity contribution in [3.8, 4) is 11.4 Å². The second-order valence-corrected chi connectivity index (χ2v) is 6.33. The van der Waals surface area contributed by atoms with Crippen LogP contribution in [0.15, 0.2) is 29.3 Å². The SMILES string of the molecule is CCOC(=O)CCC(=O)NCCn1nc(-c2cccnc2)n(C2CC2)c1=O. The fourth-order valence-electron chi connectivity index (χ4n) is 2.76. The number of amides is 1. The first-order chi connectivity index (χ1) is 13.1. The van der Waals surface area contributed by atoms with E-state index in [1.54, 1.807) is 30.0 Å². The van der Waals surface area contributed by atoms with Crippen LogP contribution in [0.1, 0.15) is 38.6 Å². The molecule has 2 heterocycles. The highest BCUT2D eigenvalue weighted by Crippen LogP contribution is 2.36. The maximum Gasteiger partial charge on any atom is 0.346 e. The zero-order valence-electron chi connectivity index (χ0n) is 15.3. The van der Waals surface area contributed by atoms with Gasteiger partial charge < -0.3 is 10.1 Å². The average Bonchev–Trinajstić information content (AvgIpc) is 3.45. The van der Waals surface area contributed by atoms with Crippen molar-refractivity contribution < 1.29 is 14.3 Å². The summed E-state index contributed by atoms with van der Waals surface area (Å²) in [5.74, 6) is -0.0531. The van der Waals surface area contributed by atoms with Gasteiger partial charge in [-0.15, -0.1) is 5.10 Å². The van der Waals surface area contributed by atoms with E-state index in [0.717, 1.165) is 18.4 Å². The number of hydrogen-bond acceptors (Lipinski definition) is 6. The molecule has 0 atom stereocenters. The number of hydrogen-bond donors (Lipinski definition) is 1. The van der Waals surface area contributed by atoms with Gasteiger partial charge in [0.2, 0.25) is 5.91 Å². The summed E-state index contributed by atoms with van der Waals surface area (Å²) in [5.41, 5.74) is 0.607. The van der Waals surface area contributed by atoms with Gasteiger partial charge in [0.15, 0.2) is 5.82 Å². The molecule has 0 aromatic carbocycles. The van der Waals surface area contributed by atoms with Crippen molar-refractivity contribution in [1.29, 1.82) is 0 Å². The van der Waals surface area contributed by atoms with E-state index in [1.807, 2.05) is 6.07 Å². The molecule has 0 spiro atoms. The van der Waals surface area contributed by atoms with Gasteiger partial charge >= 0.3 is 11.7 Å². The molecule has 3 rings (SSSR count). The Morgan fingerprint density at radius 3 is 2.81 bits per heavy atom. The monoisotopic (exact) mass is 373 g/mol. The molecule has 0 unspecified atom stereocenters. The number of nitrogens with one attached hydrogen (secondary N) is 1. The molecule has 1 fully saturated rings. The molecule has 9 heteroatoms. The predicted octanol–water partition coefficient (Wildman–Crippen LogP) is 0.901. The Kier molecular flexibility index (Phi) is 6.00. The summed E-state index contributed by atoms with van der Waals surface area (Å²) < 4.78 is 7.86. The topological polar surface area (TPSA) is 108 Å². The minimum Gasteiger partial charge on any atom is -0.466 e. The summed E-state index contributed by atoms with van der Waals surface area (Å²) in [6.45, 7) is 2.54. The first-order valence-electron chi connectivity index (χ1n) is 9.12. The fraction of sp³-hybridized carbons (Fsp3) is 0.500. The Morgan fingerprint density at radius 2 is 2.15 bits per heavy atom. The lowest BCUT2D eigenvalue weighted by molar-refractivity contribution is -0.144. The van der Waals surface area contributed by atoms with Crippen molar-refractivity contribution in [2.75, 3.05) is 13.2 Å². The van der Waals surface area contributed by atoms with Crippen molar-refractivity contribution in [3.63, 3.8) is 0 Å². The van der Waals surface area contributed by atoms with Crippen LogP contribution in [-0.2, 0) is 20.9 Å². The molecule has 1 N–H and O–H groups in total. The second-order valence-electron chi connectivity index (χ2n) is 6.33.